The Morgan fingerprint density at radius 3 is 2.85 bits per heavy atom. The fourth-order valence-corrected chi connectivity index (χ4v) is 3.02. The molecule has 142 valence electrons. The number of alkyl halides is 3. The summed E-state index contributed by atoms with van der Waals surface area (Å²) in [5, 5.41) is 6.86. The second kappa shape index (κ2) is 9.13. The van der Waals surface area contributed by atoms with Crippen molar-refractivity contribution < 1.29 is 18.0 Å². The van der Waals surface area contributed by atoms with E-state index in [9.17, 15) is 18.0 Å². The van der Waals surface area contributed by atoms with E-state index in [1.54, 1.807) is 37.6 Å². The average Bonchev–Trinajstić information content (AvgIpc) is 2.97. The highest BCUT2D eigenvalue weighted by molar-refractivity contribution is 7.99. The number of nitrogens with zero attached hydrogens (tertiary/aromatic N) is 4. The third kappa shape index (κ3) is 5.80. The molecule has 11 heteroatoms. The van der Waals surface area contributed by atoms with E-state index in [1.165, 1.54) is 9.58 Å². The molecule has 0 bridgehead atoms. The standard InChI is InChI=1S/C15H17ClF3N5OS/c1-2-23(14(25)21-10-26-7-5-15(17,18)19)12-9-24(22-13(12)16)11-4-3-6-20-8-11/h3-4,6,8-9H,2,5,7,10H2,1H3,(H,21,25). The number of hydrogen-bond acceptors (Lipinski definition) is 4. The van der Waals surface area contributed by atoms with Gasteiger partial charge in [-0.05, 0) is 19.1 Å². The number of carbonyl (C=O) groups is 1. The number of nitrogens with one attached hydrogen (secondary N) is 1. The number of halogens is 4. The third-order valence-electron chi connectivity index (χ3n) is 3.27. The number of carbonyl (C=O) groups excluding carboxylic acids is 1. The van der Waals surface area contributed by atoms with Crippen molar-refractivity contribution in [1.29, 1.82) is 0 Å². The molecule has 0 fully saturated rings. The molecule has 0 unspecified atom stereocenters. The fourth-order valence-electron chi connectivity index (χ4n) is 2.04. The van der Waals surface area contributed by atoms with Gasteiger partial charge >= 0.3 is 12.2 Å². The average molecular weight is 408 g/mol. The first-order valence-corrected chi connectivity index (χ1v) is 9.20. The molecule has 2 aromatic rings. The van der Waals surface area contributed by atoms with Gasteiger partial charge in [0, 0.05) is 18.5 Å². The van der Waals surface area contributed by atoms with Crippen LogP contribution in [0.3, 0.4) is 0 Å². The Hall–Kier alpha value is -1.94. The molecule has 0 aliphatic carbocycles. The third-order valence-corrected chi connectivity index (χ3v) is 4.38. The number of anilines is 1. The van der Waals surface area contributed by atoms with E-state index < -0.39 is 18.6 Å². The largest absolute Gasteiger partial charge is 0.389 e. The summed E-state index contributed by atoms with van der Waals surface area (Å²) < 4.78 is 37.8. The molecule has 2 rings (SSSR count). The molecule has 0 atom stereocenters. The summed E-state index contributed by atoms with van der Waals surface area (Å²) in [5.74, 6) is -0.0463. The van der Waals surface area contributed by atoms with Crippen LogP contribution in [0.1, 0.15) is 13.3 Å². The molecule has 2 heterocycles. The van der Waals surface area contributed by atoms with E-state index in [1.807, 2.05) is 0 Å². The lowest BCUT2D eigenvalue weighted by Gasteiger charge is -2.20. The van der Waals surface area contributed by atoms with Crippen LogP contribution < -0.4 is 10.2 Å². The predicted molar refractivity (Wildman–Crippen MR) is 95.9 cm³/mol. The minimum Gasteiger partial charge on any atom is -0.329 e. The highest BCUT2D eigenvalue weighted by Gasteiger charge is 2.26. The lowest BCUT2D eigenvalue weighted by Crippen LogP contribution is -2.39. The molecule has 26 heavy (non-hydrogen) atoms. The van der Waals surface area contributed by atoms with Gasteiger partial charge in [-0.2, -0.15) is 18.3 Å². The number of pyridine rings is 1. The summed E-state index contributed by atoms with van der Waals surface area (Å²) >= 11 is 7.14. The van der Waals surface area contributed by atoms with Crippen LogP contribution in [-0.4, -0.2) is 45.1 Å². The Balaban J connectivity index is 1.97. The molecule has 1 N–H and O–H groups in total. The topological polar surface area (TPSA) is 63.1 Å². The smallest absolute Gasteiger partial charge is 0.329 e. The molecule has 0 spiro atoms. The van der Waals surface area contributed by atoms with Crippen molar-refractivity contribution in [2.45, 2.75) is 19.5 Å². The second-order valence-corrected chi connectivity index (χ2v) is 6.57. The van der Waals surface area contributed by atoms with Crippen LogP contribution in [0.5, 0.6) is 0 Å². The Morgan fingerprint density at radius 2 is 2.23 bits per heavy atom. The maximum absolute atomic E-state index is 12.3. The Kier molecular flexibility index (Phi) is 7.15. The first kappa shape index (κ1) is 20.4. The molecule has 0 aromatic carbocycles. The van der Waals surface area contributed by atoms with Crippen LogP contribution in [0.4, 0.5) is 23.7 Å². The zero-order valence-corrected chi connectivity index (χ0v) is 15.4. The molecule has 2 aromatic heterocycles. The van der Waals surface area contributed by atoms with E-state index >= 15 is 0 Å². The number of urea groups is 1. The van der Waals surface area contributed by atoms with Gasteiger partial charge in [-0.15, -0.1) is 11.8 Å². The summed E-state index contributed by atoms with van der Waals surface area (Å²) in [6.45, 7) is 2.08. The summed E-state index contributed by atoms with van der Waals surface area (Å²) in [6, 6.07) is 3.07. The minimum atomic E-state index is -4.19. The number of hydrogen-bond donors (Lipinski definition) is 1. The van der Waals surface area contributed by atoms with E-state index in [0.29, 0.717) is 17.9 Å². The number of thioether (sulfide) groups is 1. The fraction of sp³-hybridized carbons (Fsp3) is 0.400. The normalized spacial score (nSPS) is 11.4. The van der Waals surface area contributed by atoms with Gasteiger partial charge in [-0.25, -0.2) is 9.48 Å². The zero-order chi connectivity index (χ0) is 19.2. The van der Waals surface area contributed by atoms with E-state index in [2.05, 4.69) is 15.4 Å². The summed E-state index contributed by atoms with van der Waals surface area (Å²) in [7, 11) is 0. The summed E-state index contributed by atoms with van der Waals surface area (Å²) in [4.78, 5) is 17.7. The van der Waals surface area contributed by atoms with Gasteiger partial charge in [0.25, 0.3) is 0 Å². The number of rotatable bonds is 7. The SMILES string of the molecule is CCN(C(=O)NCSCCC(F)(F)F)c1cn(-c2cccnc2)nc1Cl. The maximum Gasteiger partial charge on any atom is 0.389 e. The van der Waals surface area contributed by atoms with E-state index in [-0.39, 0.29) is 16.8 Å². The molecule has 0 aliphatic rings. The maximum atomic E-state index is 12.3. The van der Waals surface area contributed by atoms with Crippen LogP contribution in [0.2, 0.25) is 5.15 Å². The number of amides is 2. The first-order chi connectivity index (χ1) is 12.3. The van der Waals surface area contributed by atoms with Gasteiger partial charge in [-0.3, -0.25) is 9.88 Å². The molecule has 0 saturated carbocycles. The quantitative estimate of drug-likeness (QED) is 0.554. The zero-order valence-electron chi connectivity index (χ0n) is 13.8. The number of aromatic nitrogens is 3. The van der Waals surface area contributed by atoms with Gasteiger partial charge in [0.2, 0.25) is 0 Å². The van der Waals surface area contributed by atoms with Crippen molar-refractivity contribution in [2.24, 2.45) is 0 Å². The van der Waals surface area contributed by atoms with Crippen LogP contribution in [0.15, 0.2) is 30.7 Å². The second-order valence-electron chi connectivity index (χ2n) is 5.10. The van der Waals surface area contributed by atoms with Crippen molar-refractivity contribution in [3.05, 3.63) is 35.9 Å². The van der Waals surface area contributed by atoms with Crippen molar-refractivity contribution in [3.63, 3.8) is 0 Å². The Morgan fingerprint density at radius 1 is 1.46 bits per heavy atom. The van der Waals surface area contributed by atoms with Gasteiger partial charge < -0.3 is 5.32 Å². The molecule has 2 amide bonds. The lowest BCUT2D eigenvalue weighted by molar-refractivity contribution is -0.129. The van der Waals surface area contributed by atoms with Gasteiger partial charge in [0.1, 0.15) is 5.69 Å². The van der Waals surface area contributed by atoms with Crippen LogP contribution in [0, 0.1) is 0 Å². The van der Waals surface area contributed by atoms with Crippen LogP contribution >= 0.6 is 23.4 Å². The highest BCUT2D eigenvalue weighted by atomic mass is 35.5. The first-order valence-electron chi connectivity index (χ1n) is 7.67. The molecular weight excluding hydrogens is 391 g/mol. The monoisotopic (exact) mass is 407 g/mol. The molecule has 0 aliphatic heterocycles. The van der Waals surface area contributed by atoms with E-state index in [4.69, 9.17) is 11.6 Å². The van der Waals surface area contributed by atoms with Crippen molar-refractivity contribution in [1.82, 2.24) is 20.1 Å². The van der Waals surface area contributed by atoms with Gasteiger partial charge in [0.05, 0.1) is 30.4 Å². The molecule has 0 radical (unpaired) electrons. The highest BCUT2D eigenvalue weighted by Crippen LogP contribution is 2.26. The van der Waals surface area contributed by atoms with Gasteiger partial charge in [-0.1, -0.05) is 11.6 Å². The van der Waals surface area contributed by atoms with E-state index in [0.717, 1.165) is 11.8 Å². The van der Waals surface area contributed by atoms with Crippen molar-refractivity contribution in [2.75, 3.05) is 23.1 Å². The molecular formula is C15H17ClF3N5OS. The van der Waals surface area contributed by atoms with Crippen LogP contribution in [-0.2, 0) is 0 Å². The summed E-state index contributed by atoms with van der Waals surface area (Å²) in [5.41, 5.74) is 1.08. The van der Waals surface area contributed by atoms with Crippen molar-refractivity contribution in [3.8, 4) is 5.69 Å². The van der Waals surface area contributed by atoms with Crippen LogP contribution in [0.25, 0.3) is 5.69 Å². The minimum absolute atomic E-state index is 0.0692. The molecule has 0 saturated heterocycles. The van der Waals surface area contributed by atoms with Gasteiger partial charge in [0.15, 0.2) is 5.15 Å². The molecule has 6 nitrogen and oxygen atoms in total. The Labute approximate surface area is 157 Å². The van der Waals surface area contributed by atoms with Crippen molar-refractivity contribution >= 4 is 35.1 Å². The summed E-state index contributed by atoms with van der Waals surface area (Å²) in [6.07, 6.45) is -0.270. The lowest BCUT2D eigenvalue weighted by atomic mass is 10.4. The Bertz CT molecular complexity index is 726. The predicted octanol–water partition coefficient (Wildman–Crippen LogP) is 4.10.